The number of hydrogen-bond acceptors (Lipinski definition) is 2. The number of fused-ring (bicyclic) bond motifs is 2. The molecule has 0 fully saturated rings. The lowest BCUT2D eigenvalue weighted by Crippen LogP contribution is -2.23. The lowest BCUT2D eigenvalue weighted by Gasteiger charge is -2.24. The lowest BCUT2D eigenvalue weighted by molar-refractivity contribution is 0.0980. The molecule has 0 radical (unpaired) electrons. The molecule has 4 aromatic carbocycles. The summed E-state index contributed by atoms with van der Waals surface area (Å²) in [6.07, 6.45) is 0. The number of hydrogen-bond donors (Lipinski definition) is 0. The predicted molar refractivity (Wildman–Crippen MR) is 120 cm³/mol. The summed E-state index contributed by atoms with van der Waals surface area (Å²) in [5.41, 5.74) is 7.49. The highest BCUT2D eigenvalue weighted by molar-refractivity contribution is 6.32. The van der Waals surface area contributed by atoms with Gasteiger partial charge in [0.25, 0.3) is 0 Å². The molecule has 0 atom stereocenters. The molecule has 4 aromatic rings. The first-order valence-corrected chi connectivity index (χ1v) is 10.0. The van der Waals surface area contributed by atoms with E-state index in [1.807, 2.05) is 98.8 Å². The normalized spacial score (nSPS) is 12.5. The molecule has 0 amide bonds. The number of rotatable bonds is 2. The van der Waals surface area contributed by atoms with Crippen molar-refractivity contribution in [1.82, 2.24) is 0 Å². The van der Waals surface area contributed by atoms with E-state index < -0.39 is 0 Å². The van der Waals surface area contributed by atoms with Crippen LogP contribution in [0, 0.1) is 13.8 Å². The van der Waals surface area contributed by atoms with Crippen molar-refractivity contribution in [3.05, 3.63) is 118 Å². The summed E-state index contributed by atoms with van der Waals surface area (Å²) in [5, 5.41) is 0. The molecule has 2 nitrogen and oxygen atoms in total. The molecule has 0 saturated heterocycles. The molecular weight excluding hydrogens is 368 g/mol. The van der Waals surface area contributed by atoms with Crippen LogP contribution in [-0.4, -0.2) is 11.6 Å². The molecule has 0 aliphatic heterocycles. The van der Waals surface area contributed by atoms with Gasteiger partial charge in [0, 0.05) is 22.3 Å². The minimum Gasteiger partial charge on any atom is -0.289 e. The fraction of sp³-hybridized carbons (Fsp3) is 0.0714. The van der Waals surface area contributed by atoms with E-state index in [1.54, 1.807) is 0 Å². The standard InChI is InChI=1S/C28H20O2/c1-17-15-23-24(16-18(17)2)28(30)26-22(20-11-7-4-8-12-20)14-13-21(25(26)27(23)29)19-9-5-3-6-10-19/h3-16H,1-2H3. The van der Waals surface area contributed by atoms with Crippen LogP contribution in [0.25, 0.3) is 22.3 Å². The zero-order valence-electron chi connectivity index (χ0n) is 16.9. The van der Waals surface area contributed by atoms with Crippen LogP contribution in [-0.2, 0) is 0 Å². The van der Waals surface area contributed by atoms with Crippen LogP contribution in [0.2, 0.25) is 0 Å². The second-order valence-electron chi connectivity index (χ2n) is 7.78. The molecule has 0 bridgehead atoms. The maximum absolute atomic E-state index is 13.7. The Balaban J connectivity index is 1.87. The van der Waals surface area contributed by atoms with Crippen LogP contribution in [0.1, 0.15) is 43.0 Å². The Morgan fingerprint density at radius 1 is 0.467 bits per heavy atom. The topological polar surface area (TPSA) is 34.1 Å². The van der Waals surface area contributed by atoms with Gasteiger partial charge < -0.3 is 0 Å². The van der Waals surface area contributed by atoms with Crippen LogP contribution in [0.5, 0.6) is 0 Å². The van der Waals surface area contributed by atoms with E-state index in [1.165, 1.54) is 0 Å². The molecule has 5 rings (SSSR count). The average molecular weight is 388 g/mol. The third-order valence-corrected chi connectivity index (χ3v) is 5.95. The van der Waals surface area contributed by atoms with Gasteiger partial charge >= 0.3 is 0 Å². The minimum absolute atomic E-state index is 0.0839. The van der Waals surface area contributed by atoms with Crippen LogP contribution >= 0.6 is 0 Å². The molecule has 144 valence electrons. The zero-order chi connectivity index (χ0) is 20.8. The third-order valence-electron chi connectivity index (χ3n) is 5.95. The van der Waals surface area contributed by atoms with Gasteiger partial charge in [-0.25, -0.2) is 0 Å². The minimum atomic E-state index is -0.0839. The van der Waals surface area contributed by atoms with E-state index in [-0.39, 0.29) is 11.6 Å². The Morgan fingerprint density at radius 2 is 0.833 bits per heavy atom. The van der Waals surface area contributed by atoms with Gasteiger partial charge in [-0.15, -0.1) is 0 Å². The lowest BCUT2D eigenvalue weighted by atomic mass is 9.76. The van der Waals surface area contributed by atoms with Crippen molar-refractivity contribution >= 4 is 11.6 Å². The van der Waals surface area contributed by atoms with E-state index in [9.17, 15) is 9.59 Å². The van der Waals surface area contributed by atoms with Crippen molar-refractivity contribution in [2.45, 2.75) is 13.8 Å². The summed E-state index contributed by atoms with van der Waals surface area (Å²) in [4.78, 5) is 27.5. The summed E-state index contributed by atoms with van der Waals surface area (Å²) < 4.78 is 0. The molecular formula is C28H20O2. The number of benzene rings is 4. The van der Waals surface area contributed by atoms with E-state index in [0.717, 1.165) is 33.4 Å². The Labute approximate surface area is 175 Å². The highest BCUT2D eigenvalue weighted by Gasteiger charge is 2.34. The number of carbonyl (C=O) groups excluding carboxylic acids is 2. The van der Waals surface area contributed by atoms with Crippen LogP contribution < -0.4 is 0 Å². The van der Waals surface area contributed by atoms with Crippen LogP contribution in [0.4, 0.5) is 0 Å². The van der Waals surface area contributed by atoms with Crippen molar-refractivity contribution < 1.29 is 9.59 Å². The van der Waals surface area contributed by atoms with Crippen LogP contribution in [0.3, 0.4) is 0 Å². The van der Waals surface area contributed by atoms with E-state index in [2.05, 4.69) is 0 Å². The Morgan fingerprint density at radius 3 is 1.20 bits per heavy atom. The zero-order valence-corrected chi connectivity index (χ0v) is 16.9. The fourth-order valence-electron chi connectivity index (χ4n) is 4.25. The highest BCUT2D eigenvalue weighted by Crippen LogP contribution is 2.40. The van der Waals surface area contributed by atoms with Gasteiger partial charge in [-0.1, -0.05) is 72.8 Å². The Bertz CT molecular complexity index is 1210. The molecule has 0 aromatic heterocycles. The monoisotopic (exact) mass is 388 g/mol. The van der Waals surface area contributed by atoms with Crippen molar-refractivity contribution in [1.29, 1.82) is 0 Å². The quantitative estimate of drug-likeness (QED) is 0.350. The second kappa shape index (κ2) is 6.93. The molecule has 1 aliphatic rings. The summed E-state index contributed by atoms with van der Waals surface area (Å²) in [7, 11) is 0. The second-order valence-corrected chi connectivity index (χ2v) is 7.78. The van der Waals surface area contributed by atoms with E-state index in [0.29, 0.717) is 22.3 Å². The molecule has 0 N–H and O–H groups in total. The summed E-state index contributed by atoms with van der Waals surface area (Å²) in [5.74, 6) is -0.168. The maximum atomic E-state index is 13.7. The molecule has 0 saturated carbocycles. The Kier molecular flexibility index (Phi) is 4.22. The van der Waals surface area contributed by atoms with Crippen molar-refractivity contribution in [3.8, 4) is 22.3 Å². The molecule has 0 heterocycles. The molecule has 0 unspecified atom stereocenters. The Hall–Kier alpha value is -3.78. The maximum Gasteiger partial charge on any atom is 0.195 e. The van der Waals surface area contributed by atoms with Gasteiger partial charge in [0.2, 0.25) is 0 Å². The van der Waals surface area contributed by atoms with Gasteiger partial charge in [-0.2, -0.15) is 0 Å². The molecule has 1 aliphatic carbocycles. The largest absolute Gasteiger partial charge is 0.289 e. The van der Waals surface area contributed by atoms with Crippen molar-refractivity contribution in [2.75, 3.05) is 0 Å². The SMILES string of the molecule is Cc1cc2c(cc1C)C(=O)c1c(-c3ccccc3)ccc(-c3ccccc3)c1C2=O. The third kappa shape index (κ3) is 2.73. The number of aryl methyl sites for hydroxylation is 2. The fourth-order valence-corrected chi connectivity index (χ4v) is 4.25. The first kappa shape index (κ1) is 18.3. The van der Waals surface area contributed by atoms with Gasteiger partial charge in [-0.3, -0.25) is 9.59 Å². The van der Waals surface area contributed by atoms with Gasteiger partial charge in [-0.05, 0) is 59.4 Å². The summed E-state index contributed by atoms with van der Waals surface area (Å²) in [6.45, 7) is 3.95. The van der Waals surface area contributed by atoms with Crippen molar-refractivity contribution in [3.63, 3.8) is 0 Å². The number of ketones is 2. The van der Waals surface area contributed by atoms with Gasteiger partial charge in [0.1, 0.15) is 0 Å². The highest BCUT2D eigenvalue weighted by atomic mass is 16.1. The van der Waals surface area contributed by atoms with Gasteiger partial charge in [0.05, 0.1) is 0 Å². The predicted octanol–water partition coefficient (Wildman–Crippen LogP) is 6.41. The summed E-state index contributed by atoms with van der Waals surface area (Å²) >= 11 is 0. The first-order valence-electron chi connectivity index (χ1n) is 10.0. The molecule has 0 spiro atoms. The average Bonchev–Trinajstić information content (AvgIpc) is 2.79. The molecule has 2 heteroatoms. The smallest absolute Gasteiger partial charge is 0.195 e. The summed E-state index contributed by atoms with van der Waals surface area (Å²) in [6, 6.07) is 27.2. The van der Waals surface area contributed by atoms with Crippen molar-refractivity contribution in [2.24, 2.45) is 0 Å². The first-order chi connectivity index (χ1) is 14.6. The van der Waals surface area contributed by atoms with Gasteiger partial charge in [0.15, 0.2) is 11.6 Å². The van der Waals surface area contributed by atoms with E-state index in [4.69, 9.17) is 0 Å². The number of carbonyl (C=O) groups is 2. The van der Waals surface area contributed by atoms with Crippen LogP contribution in [0.15, 0.2) is 84.9 Å². The van der Waals surface area contributed by atoms with E-state index >= 15 is 0 Å². The molecule has 30 heavy (non-hydrogen) atoms.